The lowest BCUT2D eigenvalue weighted by Crippen LogP contribution is -2.18. The molecule has 2 rings (SSSR count). The summed E-state index contributed by atoms with van der Waals surface area (Å²) in [5.74, 6) is 7.27. The fourth-order valence-corrected chi connectivity index (χ4v) is 2.90. The molecule has 0 bridgehead atoms. The molecule has 0 aliphatic carbocycles. The second kappa shape index (κ2) is 6.36. The number of nitrogens with one attached hydrogen (secondary N) is 1. The molecular formula is C12H20N4OS. The number of nitrogens with two attached hydrogens (primary N) is 1. The molecule has 6 heteroatoms. The van der Waals surface area contributed by atoms with Gasteiger partial charge in [0.2, 0.25) is 0 Å². The van der Waals surface area contributed by atoms with Gasteiger partial charge in [-0.05, 0) is 12.8 Å². The van der Waals surface area contributed by atoms with E-state index in [0.717, 1.165) is 36.9 Å². The summed E-state index contributed by atoms with van der Waals surface area (Å²) >= 11 is 1.80. The van der Waals surface area contributed by atoms with E-state index in [1.807, 2.05) is 6.07 Å². The molecule has 1 aliphatic rings. The van der Waals surface area contributed by atoms with Crippen LogP contribution in [0.15, 0.2) is 11.1 Å². The fraction of sp³-hybridized carbons (Fsp3) is 0.667. The predicted octanol–water partition coefficient (Wildman–Crippen LogP) is 2.16. The fourth-order valence-electron chi connectivity index (χ4n) is 1.80. The minimum Gasteiger partial charge on any atom is -0.381 e. The van der Waals surface area contributed by atoms with Gasteiger partial charge < -0.3 is 10.2 Å². The van der Waals surface area contributed by atoms with Gasteiger partial charge in [0.05, 0.1) is 0 Å². The van der Waals surface area contributed by atoms with Crippen LogP contribution in [-0.2, 0) is 4.74 Å². The molecule has 0 amide bonds. The number of aromatic nitrogens is 2. The van der Waals surface area contributed by atoms with Crippen molar-refractivity contribution in [2.24, 2.45) is 5.84 Å². The number of hydrogen-bond donors (Lipinski definition) is 2. The second-order valence-electron chi connectivity index (χ2n) is 4.68. The Morgan fingerprint density at radius 3 is 2.72 bits per heavy atom. The zero-order valence-electron chi connectivity index (χ0n) is 10.8. The van der Waals surface area contributed by atoms with Crippen LogP contribution in [0.25, 0.3) is 0 Å². The van der Waals surface area contributed by atoms with Crippen molar-refractivity contribution < 1.29 is 4.74 Å². The van der Waals surface area contributed by atoms with E-state index < -0.39 is 0 Å². The molecule has 0 unspecified atom stereocenters. The molecule has 1 aromatic heterocycles. The van der Waals surface area contributed by atoms with Crippen LogP contribution in [0.1, 0.15) is 38.4 Å². The maximum Gasteiger partial charge on any atom is 0.144 e. The highest BCUT2D eigenvalue weighted by molar-refractivity contribution is 7.99. The topological polar surface area (TPSA) is 73.1 Å². The standard InChI is InChI=1S/C12H20N4OS/c1-8(2)12-14-10(16-13)7-11(15-12)18-9-3-5-17-6-4-9/h7-9H,3-6,13H2,1-2H3,(H,14,15,16). The quantitative estimate of drug-likeness (QED) is 0.495. The molecule has 100 valence electrons. The Bertz CT molecular complexity index is 394. The summed E-state index contributed by atoms with van der Waals surface area (Å²) in [6, 6.07) is 1.91. The van der Waals surface area contributed by atoms with E-state index in [2.05, 4.69) is 29.2 Å². The zero-order valence-corrected chi connectivity index (χ0v) is 11.7. The molecule has 1 fully saturated rings. The summed E-state index contributed by atoms with van der Waals surface area (Å²) < 4.78 is 5.37. The Kier molecular flexibility index (Phi) is 4.79. The molecule has 1 aliphatic heterocycles. The monoisotopic (exact) mass is 268 g/mol. The van der Waals surface area contributed by atoms with Crippen molar-refractivity contribution in [3.05, 3.63) is 11.9 Å². The minimum atomic E-state index is 0.298. The van der Waals surface area contributed by atoms with Gasteiger partial charge in [0.15, 0.2) is 0 Å². The summed E-state index contributed by atoms with van der Waals surface area (Å²) in [6.07, 6.45) is 2.16. The predicted molar refractivity (Wildman–Crippen MR) is 73.6 cm³/mol. The van der Waals surface area contributed by atoms with Crippen LogP contribution < -0.4 is 11.3 Å². The summed E-state index contributed by atoms with van der Waals surface area (Å²) in [5.41, 5.74) is 2.61. The molecule has 1 saturated heterocycles. The van der Waals surface area contributed by atoms with Crippen LogP contribution in [-0.4, -0.2) is 28.4 Å². The molecule has 0 radical (unpaired) electrons. The van der Waals surface area contributed by atoms with Gasteiger partial charge in [-0.2, -0.15) is 0 Å². The maximum absolute atomic E-state index is 5.45. The Labute approximate surface area is 112 Å². The van der Waals surface area contributed by atoms with Gasteiger partial charge in [-0.3, -0.25) is 0 Å². The number of ether oxygens (including phenoxy) is 1. The number of thioether (sulfide) groups is 1. The minimum absolute atomic E-state index is 0.298. The van der Waals surface area contributed by atoms with E-state index in [1.54, 1.807) is 11.8 Å². The van der Waals surface area contributed by atoms with Crippen LogP contribution in [0.4, 0.5) is 5.82 Å². The van der Waals surface area contributed by atoms with Crippen molar-refractivity contribution in [3.8, 4) is 0 Å². The highest BCUT2D eigenvalue weighted by Gasteiger charge is 2.17. The van der Waals surface area contributed by atoms with E-state index in [-0.39, 0.29) is 0 Å². The van der Waals surface area contributed by atoms with Gasteiger partial charge in [-0.15, -0.1) is 11.8 Å². The third kappa shape index (κ3) is 3.57. The normalized spacial score (nSPS) is 17.1. The largest absolute Gasteiger partial charge is 0.381 e. The lowest BCUT2D eigenvalue weighted by molar-refractivity contribution is 0.1000. The lowest BCUT2D eigenvalue weighted by Gasteiger charge is -2.21. The van der Waals surface area contributed by atoms with Gasteiger partial charge in [0, 0.05) is 30.4 Å². The van der Waals surface area contributed by atoms with Crippen LogP contribution in [0.2, 0.25) is 0 Å². The van der Waals surface area contributed by atoms with E-state index in [1.165, 1.54) is 0 Å². The summed E-state index contributed by atoms with van der Waals surface area (Å²) in [6.45, 7) is 5.86. The molecule has 0 saturated carbocycles. The Morgan fingerprint density at radius 1 is 1.39 bits per heavy atom. The third-order valence-electron chi connectivity index (χ3n) is 2.84. The van der Waals surface area contributed by atoms with E-state index >= 15 is 0 Å². The third-order valence-corrected chi connectivity index (χ3v) is 4.10. The van der Waals surface area contributed by atoms with Crippen molar-refractivity contribution >= 4 is 17.6 Å². The molecule has 0 atom stereocenters. The Hall–Kier alpha value is -0.850. The Balaban J connectivity index is 2.12. The zero-order chi connectivity index (χ0) is 13.0. The first-order valence-corrected chi connectivity index (χ1v) is 7.17. The van der Waals surface area contributed by atoms with E-state index in [0.29, 0.717) is 17.0 Å². The first kappa shape index (κ1) is 13.6. The SMILES string of the molecule is CC(C)c1nc(NN)cc(SC2CCOCC2)n1. The van der Waals surface area contributed by atoms with Crippen molar-refractivity contribution in [1.82, 2.24) is 9.97 Å². The van der Waals surface area contributed by atoms with Crippen LogP contribution in [0, 0.1) is 0 Å². The van der Waals surface area contributed by atoms with Crippen LogP contribution >= 0.6 is 11.8 Å². The first-order valence-electron chi connectivity index (χ1n) is 6.29. The highest BCUT2D eigenvalue weighted by Crippen LogP contribution is 2.30. The van der Waals surface area contributed by atoms with Gasteiger partial charge in [0.25, 0.3) is 0 Å². The smallest absolute Gasteiger partial charge is 0.144 e. The Morgan fingerprint density at radius 2 is 2.11 bits per heavy atom. The van der Waals surface area contributed by atoms with E-state index in [9.17, 15) is 0 Å². The van der Waals surface area contributed by atoms with Gasteiger partial charge in [-0.1, -0.05) is 13.8 Å². The lowest BCUT2D eigenvalue weighted by atomic mass is 10.2. The number of nitrogen functional groups attached to an aromatic ring is 1. The summed E-state index contributed by atoms with van der Waals surface area (Å²) in [4.78, 5) is 8.95. The second-order valence-corrected chi connectivity index (χ2v) is 6.00. The average Bonchev–Trinajstić information content (AvgIpc) is 2.39. The van der Waals surface area contributed by atoms with Gasteiger partial charge >= 0.3 is 0 Å². The molecule has 0 aromatic carbocycles. The molecule has 0 spiro atoms. The van der Waals surface area contributed by atoms with Crippen molar-refractivity contribution in [3.63, 3.8) is 0 Å². The number of hydrazine groups is 1. The number of anilines is 1. The first-order chi connectivity index (χ1) is 8.69. The summed E-state index contributed by atoms with van der Waals surface area (Å²) in [5, 5.41) is 1.58. The van der Waals surface area contributed by atoms with Crippen molar-refractivity contribution in [2.45, 2.75) is 42.9 Å². The van der Waals surface area contributed by atoms with Crippen molar-refractivity contribution in [1.29, 1.82) is 0 Å². The van der Waals surface area contributed by atoms with Crippen LogP contribution in [0.3, 0.4) is 0 Å². The van der Waals surface area contributed by atoms with Gasteiger partial charge in [-0.25, -0.2) is 15.8 Å². The average molecular weight is 268 g/mol. The number of hydrogen-bond acceptors (Lipinski definition) is 6. The molecule has 18 heavy (non-hydrogen) atoms. The molecule has 5 nitrogen and oxygen atoms in total. The number of nitrogens with zero attached hydrogens (tertiary/aromatic N) is 2. The number of rotatable bonds is 4. The highest BCUT2D eigenvalue weighted by atomic mass is 32.2. The van der Waals surface area contributed by atoms with Crippen molar-refractivity contribution in [2.75, 3.05) is 18.6 Å². The molecule has 1 aromatic rings. The maximum atomic E-state index is 5.45. The van der Waals surface area contributed by atoms with E-state index in [4.69, 9.17) is 10.6 Å². The summed E-state index contributed by atoms with van der Waals surface area (Å²) in [7, 11) is 0. The van der Waals surface area contributed by atoms with Gasteiger partial charge in [0.1, 0.15) is 16.7 Å². The molecular weight excluding hydrogens is 248 g/mol. The molecule has 2 heterocycles. The molecule has 3 N–H and O–H groups in total. The van der Waals surface area contributed by atoms with Crippen LogP contribution in [0.5, 0.6) is 0 Å².